The van der Waals surface area contributed by atoms with Crippen molar-refractivity contribution in [1.29, 1.82) is 0 Å². The third-order valence-electron chi connectivity index (χ3n) is 4.05. The fraction of sp³-hybridized carbons (Fsp3) is 0.200. The van der Waals surface area contributed by atoms with Crippen LogP contribution in [-0.2, 0) is 17.8 Å². The Morgan fingerprint density at radius 1 is 1.08 bits per heavy atom. The molecule has 0 radical (unpaired) electrons. The van der Waals surface area contributed by atoms with E-state index in [1.165, 1.54) is 0 Å². The van der Waals surface area contributed by atoms with Crippen molar-refractivity contribution in [2.24, 2.45) is 0 Å². The van der Waals surface area contributed by atoms with Crippen molar-refractivity contribution in [1.82, 2.24) is 15.1 Å². The Labute approximate surface area is 146 Å². The first kappa shape index (κ1) is 16.8. The van der Waals surface area contributed by atoms with Crippen LogP contribution in [0.3, 0.4) is 0 Å². The first-order chi connectivity index (χ1) is 12.0. The number of amides is 1. The standard InChI is InChI=1S/C20H21N3O2/c1-14-11-15(2)23(22-14)18-9-5-3-8-17(18)13-21-20(25)12-16-7-4-6-10-19(16)24/h3-11,24H,12-13H2,1-2H3,(H,21,25). The van der Waals surface area contributed by atoms with Crippen LogP contribution in [-0.4, -0.2) is 20.8 Å². The highest BCUT2D eigenvalue weighted by atomic mass is 16.3. The van der Waals surface area contributed by atoms with Crippen molar-refractivity contribution in [2.75, 3.05) is 0 Å². The largest absolute Gasteiger partial charge is 0.508 e. The fourth-order valence-electron chi connectivity index (χ4n) is 2.83. The number of phenolic OH excluding ortho intramolecular Hbond substituents is 1. The van der Waals surface area contributed by atoms with Crippen LogP contribution in [0.1, 0.15) is 22.5 Å². The summed E-state index contributed by atoms with van der Waals surface area (Å²) in [7, 11) is 0. The molecule has 1 amide bonds. The summed E-state index contributed by atoms with van der Waals surface area (Å²) in [6, 6.07) is 16.8. The summed E-state index contributed by atoms with van der Waals surface area (Å²) in [6.07, 6.45) is 0.148. The minimum absolute atomic E-state index is 0.135. The maximum absolute atomic E-state index is 12.2. The van der Waals surface area contributed by atoms with Crippen LogP contribution in [0.4, 0.5) is 0 Å². The number of para-hydroxylation sites is 2. The molecule has 0 aliphatic rings. The molecule has 0 bridgehead atoms. The Kier molecular flexibility index (Phi) is 4.84. The van der Waals surface area contributed by atoms with Gasteiger partial charge in [0.25, 0.3) is 0 Å². The molecule has 0 aliphatic carbocycles. The van der Waals surface area contributed by atoms with Gasteiger partial charge in [-0.2, -0.15) is 5.10 Å². The van der Waals surface area contributed by atoms with Crippen LogP contribution in [0.5, 0.6) is 5.75 Å². The van der Waals surface area contributed by atoms with Crippen molar-refractivity contribution in [3.8, 4) is 11.4 Å². The van der Waals surface area contributed by atoms with Crippen LogP contribution in [0, 0.1) is 13.8 Å². The van der Waals surface area contributed by atoms with Gasteiger partial charge in [-0.1, -0.05) is 36.4 Å². The summed E-state index contributed by atoms with van der Waals surface area (Å²) >= 11 is 0. The van der Waals surface area contributed by atoms with E-state index in [9.17, 15) is 9.90 Å². The molecule has 5 nitrogen and oxygen atoms in total. The number of rotatable bonds is 5. The third-order valence-corrected chi connectivity index (χ3v) is 4.05. The Morgan fingerprint density at radius 2 is 1.76 bits per heavy atom. The molecule has 0 unspecified atom stereocenters. The molecule has 5 heteroatoms. The molecular formula is C20H21N3O2. The lowest BCUT2D eigenvalue weighted by Gasteiger charge is -2.12. The van der Waals surface area contributed by atoms with E-state index in [0.717, 1.165) is 22.6 Å². The zero-order valence-electron chi connectivity index (χ0n) is 14.4. The van der Waals surface area contributed by atoms with Crippen LogP contribution in [0.2, 0.25) is 0 Å². The number of aromatic nitrogens is 2. The van der Waals surface area contributed by atoms with Crippen LogP contribution in [0.25, 0.3) is 5.69 Å². The number of nitrogens with one attached hydrogen (secondary N) is 1. The number of carbonyl (C=O) groups is 1. The molecule has 1 heterocycles. The normalized spacial score (nSPS) is 10.6. The second kappa shape index (κ2) is 7.21. The number of benzene rings is 2. The van der Waals surface area contributed by atoms with Crippen LogP contribution >= 0.6 is 0 Å². The maximum atomic E-state index is 12.2. The number of carbonyl (C=O) groups excluding carboxylic acids is 1. The molecule has 0 fully saturated rings. The van der Waals surface area contributed by atoms with Crippen molar-refractivity contribution < 1.29 is 9.90 Å². The lowest BCUT2D eigenvalue weighted by atomic mass is 10.1. The van der Waals surface area contributed by atoms with Gasteiger partial charge in [-0.3, -0.25) is 4.79 Å². The van der Waals surface area contributed by atoms with Gasteiger partial charge in [0.2, 0.25) is 5.91 Å². The second-order valence-corrected chi connectivity index (χ2v) is 6.05. The van der Waals surface area contributed by atoms with E-state index in [4.69, 9.17) is 0 Å². The molecule has 3 rings (SSSR count). The molecule has 2 aromatic carbocycles. The molecule has 128 valence electrons. The minimum atomic E-state index is -0.135. The summed E-state index contributed by atoms with van der Waals surface area (Å²) in [5.74, 6) is 0.00496. The molecule has 2 N–H and O–H groups in total. The van der Waals surface area contributed by atoms with Gasteiger partial charge in [-0.15, -0.1) is 0 Å². The highest BCUT2D eigenvalue weighted by Crippen LogP contribution is 2.18. The number of nitrogens with zero attached hydrogens (tertiary/aromatic N) is 2. The lowest BCUT2D eigenvalue weighted by molar-refractivity contribution is -0.120. The van der Waals surface area contributed by atoms with Gasteiger partial charge in [0.15, 0.2) is 0 Å². The lowest BCUT2D eigenvalue weighted by Crippen LogP contribution is -2.25. The van der Waals surface area contributed by atoms with E-state index in [2.05, 4.69) is 10.4 Å². The molecule has 0 spiro atoms. The Morgan fingerprint density at radius 3 is 2.44 bits per heavy atom. The Hall–Kier alpha value is -3.08. The van der Waals surface area contributed by atoms with E-state index in [-0.39, 0.29) is 18.1 Å². The average molecular weight is 335 g/mol. The van der Waals surface area contributed by atoms with Gasteiger partial charge in [-0.25, -0.2) is 4.68 Å². The average Bonchev–Trinajstić information content (AvgIpc) is 2.93. The van der Waals surface area contributed by atoms with Gasteiger partial charge in [0, 0.05) is 17.8 Å². The molecule has 25 heavy (non-hydrogen) atoms. The SMILES string of the molecule is Cc1cc(C)n(-c2ccccc2CNC(=O)Cc2ccccc2O)n1. The highest BCUT2D eigenvalue weighted by molar-refractivity contribution is 5.79. The zero-order chi connectivity index (χ0) is 17.8. The van der Waals surface area contributed by atoms with E-state index < -0.39 is 0 Å². The molecule has 0 saturated heterocycles. The molecule has 3 aromatic rings. The van der Waals surface area contributed by atoms with E-state index in [0.29, 0.717) is 12.1 Å². The Bertz CT molecular complexity index is 899. The monoisotopic (exact) mass is 335 g/mol. The molecule has 0 saturated carbocycles. The van der Waals surface area contributed by atoms with E-state index in [1.807, 2.05) is 48.9 Å². The quantitative estimate of drug-likeness (QED) is 0.753. The summed E-state index contributed by atoms with van der Waals surface area (Å²) < 4.78 is 1.89. The summed E-state index contributed by atoms with van der Waals surface area (Å²) in [5.41, 5.74) is 4.56. The first-order valence-electron chi connectivity index (χ1n) is 8.19. The highest BCUT2D eigenvalue weighted by Gasteiger charge is 2.11. The predicted octanol–water partition coefficient (Wildman–Crippen LogP) is 3.05. The van der Waals surface area contributed by atoms with Crippen molar-refractivity contribution in [3.05, 3.63) is 77.1 Å². The molecule has 1 aromatic heterocycles. The van der Waals surface area contributed by atoms with Gasteiger partial charge in [0.1, 0.15) is 5.75 Å². The zero-order valence-corrected chi connectivity index (χ0v) is 14.4. The van der Waals surface area contributed by atoms with Crippen LogP contribution < -0.4 is 5.32 Å². The predicted molar refractivity (Wildman–Crippen MR) is 96.7 cm³/mol. The number of aromatic hydroxyl groups is 1. The van der Waals surface area contributed by atoms with E-state index >= 15 is 0 Å². The fourth-order valence-corrected chi connectivity index (χ4v) is 2.83. The van der Waals surface area contributed by atoms with Crippen molar-refractivity contribution in [2.45, 2.75) is 26.8 Å². The number of hydrogen-bond donors (Lipinski definition) is 2. The van der Waals surface area contributed by atoms with E-state index in [1.54, 1.807) is 24.3 Å². The smallest absolute Gasteiger partial charge is 0.224 e. The summed E-state index contributed by atoms with van der Waals surface area (Å²) in [4.78, 5) is 12.2. The topological polar surface area (TPSA) is 67.2 Å². The summed E-state index contributed by atoms with van der Waals surface area (Å²) in [6.45, 7) is 4.37. The van der Waals surface area contributed by atoms with Gasteiger partial charge in [-0.05, 0) is 37.6 Å². The third kappa shape index (κ3) is 3.88. The van der Waals surface area contributed by atoms with Gasteiger partial charge >= 0.3 is 0 Å². The van der Waals surface area contributed by atoms with Crippen LogP contribution in [0.15, 0.2) is 54.6 Å². The number of aryl methyl sites for hydroxylation is 2. The Balaban J connectivity index is 1.73. The molecule has 0 atom stereocenters. The van der Waals surface area contributed by atoms with Gasteiger partial charge in [0.05, 0.1) is 17.8 Å². The second-order valence-electron chi connectivity index (χ2n) is 6.05. The maximum Gasteiger partial charge on any atom is 0.224 e. The molecular weight excluding hydrogens is 314 g/mol. The molecule has 0 aliphatic heterocycles. The minimum Gasteiger partial charge on any atom is -0.508 e. The number of phenols is 1. The van der Waals surface area contributed by atoms with Crippen molar-refractivity contribution >= 4 is 5.91 Å². The first-order valence-corrected chi connectivity index (χ1v) is 8.19. The summed E-state index contributed by atoms with van der Waals surface area (Å²) in [5, 5.41) is 17.2. The van der Waals surface area contributed by atoms with Crippen molar-refractivity contribution in [3.63, 3.8) is 0 Å². The van der Waals surface area contributed by atoms with Gasteiger partial charge < -0.3 is 10.4 Å². The number of hydrogen-bond acceptors (Lipinski definition) is 3.